The number of hydrogen-bond donors (Lipinski definition) is 1. The van der Waals surface area contributed by atoms with Crippen LogP contribution in [-0.2, 0) is 17.4 Å². The van der Waals surface area contributed by atoms with E-state index < -0.39 is 17.7 Å². The Bertz CT molecular complexity index is 1060. The number of aliphatic carboxylic acids is 1. The normalized spacial score (nSPS) is 11.5. The molecule has 0 atom stereocenters. The van der Waals surface area contributed by atoms with Crippen molar-refractivity contribution in [2.45, 2.75) is 12.6 Å². The molecule has 1 N–H and O–H groups in total. The second-order valence-electron chi connectivity index (χ2n) is 6.60. The Labute approximate surface area is 177 Å². The molecule has 0 saturated heterocycles. The van der Waals surface area contributed by atoms with Crippen LogP contribution in [-0.4, -0.2) is 17.7 Å². The Morgan fingerprint density at radius 3 is 2.32 bits per heavy atom. The molecule has 160 valence electrons. The molecular weight excluding hydrogens is 409 g/mol. The molecule has 3 aromatic rings. The van der Waals surface area contributed by atoms with Gasteiger partial charge in [-0.25, -0.2) is 0 Å². The number of carboxylic acid groups (broad SMARTS) is 1. The van der Waals surface area contributed by atoms with Gasteiger partial charge < -0.3 is 14.6 Å². The maximum absolute atomic E-state index is 12.6. The number of alkyl halides is 3. The van der Waals surface area contributed by atoms with Crippen molar-refractivity contribution in [3.63, 3.8) is 0 Å². The van der Waals surface area contributed by atoms with Gasteiger partial charge in [0.05, 0.1) is 12.0 Å². The maximum atomic E-state index is 12.6. The van der Waals surface area contributed by atoms with Crippen molar-refractivity contribution < 1.29 is 32.5 Å². The monoisotopic (exact) mass is 428 g/mol. The number of benzene rings is 3. The Hall–Kier alpha value is -3.74. The summed E-state index contributed by atoms with van der Waals surface area (Å²) in [5.74, 6) is 0.483. The quantitative estimate of drug-likeness (QED) is 0.463. The Morgan fingerprint density at radius 1 is 0.935 bits per heavy atom. The van der Waals surface area contributed by atoms with Crippen LogP contribution in [0.25, 0.3) is 6.08 Å². The third kappa shape index (κ3) is 6.64. The van der Waals surface area contributed by atoms with Crippen LogP contribution >= 0.6 is 0 Å². The third-order valence-corrected chi connectivity index (χ3v) is 4.21. The van der Waals surface area contributed by atoms with Gasteiger partial charge in [-0.15, -0.1) is 0 Å². The fourth-order valence-electron chi connectivity index (χ4n) is 2.78. The molecule has 0 aliphatic rings. The Kier molecular flexibility index (Phi) is 6.97. The molecule has 7 heteroatoms. The SMILES string of the molecule is O=C(O)Cc1cccc(Oc2ccccc2OCC=Cc2ccc(C(F)(F)F)cc2)c1. The standard InChI is InChI=1S/C24H19F3O4/c25-24(26,27)19-12-10-17(11-13-19)6-4-14-30-21-8-1-2-9-22(21)31-20-7-3-5-18(15-20)16-23(28)29/h1-13,15H,14,16H2,(H,28,29). The van der Waals surface area contributed by atoms with Gasteiger partial charge in [0.15, 0.2) is 11.5 Å². The number of carboxylic acids is 1. The van der Waals surface area contributed by atoms with Crippen LogP contribution in [0.3, 0.4) is 0 Å². The molecule has 3 aromatic carbocycles. The lowest BCUT2D eigenvalue weighted by Gasteiger charge is -2.12. The van der Waals surface area contributed by atoms with Gasteiger partial charge in [-0.2, -0.15) is 13.2 Å². The van der Waals surface area contributed by atoms with Crippen molar-refractivity contribution in [2.24, 2.45) is 0 Å². The van der Waals surface area contributed by atoms with Gasteiger partial charge in [-0.1, -0.05) is 42.5 Å². The molecule has 4 nitrogen and oxygen atoms in total. The zero-order chi connectivity index (χ0) is 22.3. The minimum atomic E-state index is -4.36. The number of halogens is 3. The molecule has 0 amide bonds. The van der Waals surface area contributed by atoms with E-state index in [0.717, 1.165) is 12.1 Å². The van der Waals surface area contributed by atoms with E-state index in [2.05, 4.69) is 0 Å². The molecular formula is C24H19F3O4. The number of hydrogen-bond acceptors (Lipinski definition) is 3. The van der Waals surface area contributed by atoms with E-state index in [1.807, 2.05) is 0 Å². The van der Waals surface area contributed by atoms with Crippen molar-refractivity contribution in [3.8, 4) is 17.2 Å². The third-order valence-electron chi connectivity index (χ3n) is 4.21. The summed E-state index contributed by atoms with van der Waals surface area (Å²) >= 11 is 0. The highest BCUT2D eigenvalue weighted by atomic mass is 19.4. The zero-order valence-corrected chi connectivity index (χ0v) is 16.3. The molecule has 0 saturated carbocycles. The van der Waals surface area contributed by atoms with E-state index in [1.165, 1.54) is 12.1 Å². The summed E-state index contributed by atoms with van der Waals surface area (Å²) in [6, 6.07) is 18.6. The maximum Gasteiger partial charge on any atom is 0.416 e. The zero-order valence-electron chi connectivity index (χ0n) is 16.3. The molecule has 0 heterocycles. The Morgan fingerprint density at radius 2 is 1.65 bits per heavy atom. The second kappa shape index (κ2) is 9.84. The first-order valence-electron chi connectivity index (χ1n) is 9.35. The second-order valence-corrected chi connectivity index (χ2v) is 6.60. The average Bonchev–Trinajstić information content (AvgIpc) is 2.72. The van der Waals surface area contributed by atoms with Crippen molar-refractivity contribution in [1.29, 1.82) is 0 Å². The fraction of sp³-hybridized carbons (Fsp3) is 0.125. The smallest absolute Gasteiger partial charge is 0.416 e. The lowest BCUT2D eigenvalue weighted by atomic mass is 10.1. The van der Waals surface area contributed by atoms with Gasteiger partial charge in [-0.05, 0) is 53.6 Å². The molecule has 0 aliphatic carbocycles. The fourth-order valence-corrected chi connectivity index (χ4v) is 2.78. The summed E-state index contributed by atoms with van der Waals surface area (Å²) in [4.78, 5) is 10.9. The van der Waals surface area contributed by atoms with Crippen LogP contribution < -0.4 is 9.47 Å². The van der Waals surface area contributed by atoms with Crippen molar-refractivity contribution in [2.75, 3.05) is 6.61 Å². The first-order chi connectivity index (χ1) is 14.8. The van der Waals surface area contributed by atoms with E-state index in [-0.39, 0.29) is 13.0 Å². The highest BCUT2D eigenvalue weighted by Crippen LogP contribution is 2.32. The van der Waals surface area contributed by atoms with Gasteiger partial charge in [-0.3, -0.25) is 4.79 Å². The van der Waals surface area contributed by atoms with Crippen LogP contribution in [0.5, 0.6) is 17.2 Å². The van der Waals surface area contributed by atoms with Crippen LogP contribution in [0.4, 0.5) is 13.2 Å². The summed E-state index contributed by atoms with van der Waals surface area (Å²) in [5, 5.41) is 8.93. The molecule has 0 unspecified atom stereocenters. The van der Waals surface area contributed by atoms with Crippen molar-refractivity contribution >= 4 is 12.0 Å². The number of para-hydroxylation sites is 2. The molecule has 0 radical (unpaired) electrons. The highest BCUT2D eigenvalue weighted by molar-refractivity contribution is 5.70. The van der Waals surface area contributed by atoms with E-state index in [1.54, 1.807) is 60.7 Å². The topological polar surface area (TPSA) is 55.8 Å². The number of ether oxygens (including phenoxy) is 2. The van der Waals surface area contributed by atoms with Crippen LogP contribution in [0.1, 0.15) is 16.7 Å². The van der Waals surface area contributed by atoms with E-state index >= 15 is 0 Å². The summed E-state index contributed by atoms with van der Waals surface area (Å²) < 4.78 is 49.4. The van der Waals surface area contributed by atoms with Gasteiger partial charge in [0.2, 0.25) is 0 Å². The van der Waals surface area contributed by atoms with Gasteiger partial charge in [0.1, 0.15) is 12.4 Å². The number of carbonyl (C=O) groups is 1. The molecule has 3 rings (SSSR count). The summed E-state index contributed by atoms with van der Waals surface area (Å²) in [7, 11) is 0. The average molecular weight is 428 g/mol. The summed E-state index contributed by atoms with van der Waals surface area (Å²) in [5.41, 5.74) is 0.540. The van der Waals surface area contributed by atoms with Crippen molar-refractivity contribution in [1.82, 2.24) is 0 Å². The highest BCUT2D eigenvalue weighted by Gasteiger charge is 2.29. The van der Waals surface area contributed by atoms with Crippen LogP contribution in [0.2, 0.25) is 0 Å². The van der Waals surface area contributed by atoms with Crippen molar-refractivity contribution in [3.05, 3.63) is 95.6 Å². The molecule has 31 heavy (non-hydrogen) atoms. The predicted molar refractivity (Wildman–Crippen MR) is 110 cm³/mol. The minimum Gasteiger partial charge on any atom is -0.486 e. The van der Waals surface area contributed by atoms with E-state index in [9.17, 15) is 18.0 Å². The van der Waals surface area contributed by atoms with Gasteiger partial charge >= 0.3 is 12.1 Å². The van der Waals surface area contributed by atoms with E-state index in [0.29, 0.717) is 28.4 Å². The largest absolute Gasteiger partial charge is 0.486 e. The first-order valence-corrected chi connectivity index (χ1v) is 9.35. The summed E-state index contributed by atoms with van der Waals surface area (Å²) in [6.45, 7) is 0.181. The number of rotatable bonds is 8. The van der Waals surface area contributed by atoms with Gasteiger partial charge in [0.25, 0.3) is 0 Å². The van der Waals surface area contributed by atoms with Crippen LogP contribution in [0.15, 0.2) is 78.9 Å². The van der Waals surface area contributed by atoms with Gasteiger partial charge in [0, 0.05) is 0 Å². The summed E-state index contributed by atoms with van der Waals surface area (Å²) in [6.07, 6.45) is -1.11. The van der Waals surface area contributed by atoms with E-state index in [4.69, 9.17) is 14.6 Å². The predicted octanol–water partition coefficient (Wildman–Crippen LogP) is 6.22. The lowest BCUT2D eigenvalue weighted by molar-refractivity contribution is -0.138. The molecule has 0 fully saturated rings. The van der Waals surface area contributed by atoms with Crippen LogP contribution in [0, 0.1) is 0 Å². The minimum absolute atomic E-state index is 0.107. The lowest BCUT2D eigenvalue weighted by Crippen LogP contribution is -2.04. The molecule has 0 aromatic heterocycles. The first kappa shape index (κ1) is 22.0. The molecule has 0 spiro atoms. The molecule has 0 bridgehead atoms. The molecule has 0 aliphatic heterocycles. The Balaban J connectivity index is 1.62.